The molecule has 0 aliphatic heterocycles. The zero-order valence-corrected chi connectivity index (χ0v) is 11.9. The van der Waals surface area contributed by atoms with E-state index in [1.54, 1.807) is 0 Å². The lowest BCUT2D eigenvalue weighted by Gasteiger charge is -2.15. The van der Waals surface area contributed by atoms with Gasteiger partial charge in [-0.1, -0.05) is 13.8 Å². The van der Waals surface area contributed by atoms with Crippen LogP contribution in [0.1, 0.15) is 41.9 Å². The molecule has 0 saturated heterocycles. The summed E-state index contributed by atoms with van der Waals surface area (Å²) in [5.41, 5.74) is 0. The Morgan fingerprint density at radius 2 is 2.28 bits per heavy atom. The average Bonchev–Trinajstić information content (AvgIpc) is 3.05. The van der Waals surface area contributed by atoms with Crippen molar-refractivity contribution in [1.29, 1.82) is 0 Å². The van der Waals surface area contributed by atoms with E-state index < -0.39 is 0 Å². The van der Waals surface area contributed by atoms with Gasteiger partial charge in [0.05, 0.1) is 0 Å². The summed E-state index contributed by atoms with van der Waals surface area (Å²) >= 11 is 1.91. The van der Waals surface area contributed by atoms with Crippen LogP contribution in [0.5, 0.6) is 0 Å². The van der Waals surface area contributed by atoms with Gasteiger partial charge in [-0.15, -0.1) is 11.3 Å². The predicted octanol–water partition coefficient (Wildman–Crippen LogP) is 3.32. The Kier molecular flexibility index (Phi) is 4.96. The van der Waals surface area contributed by atoms with Crippen LogP contribution in [0.15, 0.2) is 24.5 Å². The minimum Gasteiger partial charge on any atom is -0.349 e. The zero-order chi connectivity index (χ0) is 12.8. The van der Waals surface area contributed by atoms with E-state index in [0.29, 0.717) is 6.04 Å². The topological polar surface area (TPSA) is 40.7 Å². The Morgan fingerprint density at radius 1 is 1.39 bits per heavy atom. The summed E-state index contributed by atoms with van der Waals surface area (Å²) < 4.78 is 0. The molecule has 0 spiro atoms. The number of H-pyrrole nitrogens is 1. The maximum atomic E-state index is 4.33. The second kappa shape index (κ2) is 6.71. The van der Waals surface area contributed by atoms with Crippen LogP contribution in [0.2, 0.25) is 0 Å². The molecule has 1 atom stereocenters. The molecule has 0 aliphatic carbocycles. The molecule has 0 aromatic carbocycles. The van der Waals surface area contributed by atoms with Crippen molar-refractivity contribution >= 4 is 11.3 Å². The monoisotopic (exact) mass is 263 g/mol. The lowest BCUT2D eigenvalue weighted by molar-refractivity contribution is 0.527. The third kappa shape index (κ3) is 3.43. The fourth-order valence-corrected chi connectivity index (χ4v) is 2.99. The minimum absolute atomic E-state index is 0.376. The molecule has 0 saturated carbocycles. The van der Waals surface area contributed by atoms with Gasteiger partial charge in [0, 0.05) is 34.6 Å². The molecule has 2 N–H and O–H groups in total. The Bertz CT molecular complexity index is 447. The molecule has 98 valence electrons. The summed E-state index contributed by atoms with van der Waals surface area (Å²) in [4.78, 5) is 10.4. The molecule has 3 nitrogen and oxygen atoms in total. The lowest BCUT2D eigenvalue weighted by atomic mass is 10.1. The normalized spacial score (nSPS) is 12.8. The van der Waals surface area contributed by atoms with Gasteiger partial charge in [-0.05, 0) is 31.5 Å². The smallest absolute Gasteiger partial charge is 0.107 e. The highest BCUT2D eigenvalue weighted by Gasteiger charge is 2.14. The maximum absolute atomic E-state index is 4.33. The largest absolute Gasteiger partial charge is 0.349 e. The van der Waals surface area contributed by atoms with E-state index in [1.807, 2.05) is 23.7 Å². The standard InChI is InChI=1S/C14H21N3S/c1-3-7-15-12(10-14-16-8-9-17-14)13-6-5-11(4-2)18-13/h5-6,8-9,12,15H,3-4,7,10H2,1-2H3,(H,16,17). The summed E-state index contributed by atoms with van der Waals surface area (Å²) in [6.45, 7) is 5.45. The van der Waals surface area contributed by atoms with Crippen LogP contribution in [0.4, 0.5) is 0 Å². The highest BCUT2D eigenvalue weighted by atomic mass is 32.1. The third-order valence-corrected chi connectivity index (χ3v) is 4.31. The van der Waals surface area contributed by atoms with Gasteiger partial charge in [-0.25, -0.2) is 4.98 Å². The van der Waals surface area contributed by atoms with Crippen molar-refractivity contribution in [2.75, 3.05) is 6.54 Å². The van der Waals surface area contributed by atoms with Gasteiger partial charge in [0.1, 0.15) is 5.82 Å². The number of aromatic amines is 1. The van der Waals surface area contributed by atoms with Crippen molar-refractivity contribution < 1.29 is 0 Å². The summed E-state index contributed by atoms with van der Waals surface area (Å²) in [6.07, 6.45) is 6.90. The first-order valence-corrected chi connectivity index (χ1v) is 7.45. The molecular weight excluding hydrogens is 242 g/mol. The van der Waals surface area contributed by atoms with Crippen molar-refractivity contribution in [2.45, 2.75) is 39.2 Å². The minimum atomic E-state index is 0.376. The fraction of sp³-hybridized carbons (Fsp3) is 0.500. The van der Waals surface area contributed by atoms with Crippen LogP contribution in [-0.4, -0.2) is 16.5 Å². The molecule has 4 heteroatoms. The predicted molar refractivity (Wildman–Crippen MR) is 77.0 cm³/mol. The number of thiophene rings is 1. The second-order valence-electron chi connectivity index (χ2n) is 4.40. The molecule has 2 heterocycles. The Hall–Kier alpha value is -1.13. The highest BCUT2D eigenvalue weighted by molar-refractivity contribution is 7.12. The van der Waals surface area contributed by atoms with Crippen LogP contribution >= 0.6 is 11.3 Å². The molecule has 2 aromatic heterocycles. The number of hydrogen-bond acceptors (Lipinski definition) is 3. The summed E-state index contributed by atoms with van der Waals surface area (Å²) in [5, 5.41) is 3.61. The first-order valence-electron chi connectivity index (χ1n) is 6.63. The number of rotatable bonds is 7. The number of imidazole rings is 1. The van der Waals surface area contributed by atoms with Gasteiger partial charge < -0.3 is 10.3 Å². The Balaban J connectivity index is 2.08. The van der Waals surface area contributed by atoms with E-state index in [2.05, 4.69) is 41.3 Å². The zero-order valence-electron chi connectivity index (χ0n) is 11.1. The molecule has 2 aromatic rings. The first kappa shape index (κ1) is 13.3. The molecule has 1 unspecified atom stereocenters. The van der Waals surface area contributed by atoms with E-state index in [9.17, 15) is 0 Å². The van der Waals surface area contributed by atoms with E-state index in [0.717, 1.165) is 31.6 Å². The van der Waals surface area contributed by atoms with Crippen LogP contribution < -0.4 is 5.32 Å². The van der Waals surface area contributed by atoms with Crippen LogP contribution in [-0.2, 0) is 12.8 Å². The van der Waals surface area contributed by atoms with Crippen LogP contribution in [0.25, 0.3) is 0 Å². The van der Waals surface area contributed by atoms with E-state index in [4.69, 9.17) is 0 Å². The van der Waals surface area contributed by atoms with E-state index >= 15 is 0 Å². The van der Waals surface area contributed by atoms with Crippen molar-refractivity contribution in [2.24, 2.45) is 0 Å². The van der Waals surface area contributed by atoms with Crippen LogP contribution in [0.3, 0.4) is 0 Å². The van der Waals surface area contributed by atoms with E-state index in [-0.39, 0.29) is 0 Å². The number of nitrogens with one attached hydrogen (secondary N) is 2. The number of nitrogens with zero attached hydrogens (tertiary/aromatic N) is 1. The van der Waals surface area contributed by atoms with Gasteiger partial charge in [0.2, 0.25) is 0 Å². The van der Waals surface area contributed by atoms with Crippen LogP contribution in [0, 0.1) is 0 Å². The Morgan fingerprint density at radius 3 is 2.89 bits per heavy atom. The van der Waals surface area contributed by atoms with Crippen molar-refractivity contribution in [3.8, 4) is 0 Å². The second-order valence-corrected chi connectivity index (χ2v) is 5.60. The molecule has 18 heavy (non-hydrogen) atoms. The Labute approximate surface area is 113 Å². The summed E-state index contributed by atoms with van der Waals surface area (Å²) in [5.74, 6) is 1.05. The van der Waals surface area contributed by atoms with Gasteiger partial charge >= 0.3 is 0 Å². The molecule has 0 aliphatic rings. The number of aromatic nitrogens is 2. The molecule has 0 fully saturated rings. The summed E-state index contributed by atoms with van der Waals surface area (Å²) in [7, 11) is 0. The molecule has 0 amide bonds. The lowest BCUT2D eigenvalue weighted by Crippen LogP contribution is -2.23. The van der Waals surface area contributed by atoms with Crippen molar-refractivity contribution in [1.82, 2.24) is 15.3 Å². The average molecular weight is 263 g/mol. The quantitative estimate of drug-likeness (QED) is 0.804. The fourth-order valence-electron chi connectivity index (χ4n) is 1.97. The first-order chi connectivity index (χ1) is 8.83. The van der Waals surface area contributed by atoms with Crippen molar-refractivity contribution in [3.63, 3.8) is 0 Å². The molecule has 0 bridgehead atoms. The van der Waals surface area contributed by atoms with E-state index in [1.165, 1.54) is 9.75 Å². The van der Waals surface area contributed by atoms with Gasteiger partial charge in [-0.3, -0.25) is 0 Å². The molecule has 0 radical (unpaired) electrons. The van der Waals surface area contributed by atoms with Gasteiger partial charge in [-0.2, -0.15) is 0 Å². The third-order valence-electron chi connectivity index (χ3n) is 2.97. The maximum Gasteiger partial charge on any atom is 0.107 e. The number of aryl methyl sites for hydroxylation is 1. The number of hydrogen-bond donors (Lipinski definition) is 2. The SMILES string of the molecule is CCCNC(Cc1ncc[nH]1)c1ccc(CC)s1. The van der Waals surface area contributed by atoms with Gasteiger partial charge in [0.25, 0.3) is 0 Å². The molecule has 2 rings (SSSR count). The summed E-state index contributed by atoms with van der Waals surface area (Å²) in [6, 6.07) is 4.86. The highest BCUT2D eigenvalue weighted by Crippen LogP contribution is 2.25. The van der Waals surface area contributed by atoms with Crippen molar-refractivity contribution in [3.05, 3.63) is 40.1 Å². The van der Waals surface area contributed by atoms with Gasteiger partial charge in [0.15, 0.2) is 0 Å². The molecular formula is C14H21N3S.